The van der Waals surface area contributed by atoms with Crippen LogP contribution in [0.1, 0.15) is 11.1 Å². The second-order valence-corrected chi connectivity index (χ2v) is 4.39. The lowest BCUT2D eigenvalue weighted by atomic mass is 10.1. The highest BCUT2D eigenvalue weighted by molar-refractivity contribution is 5.47. The molecule has 100 valence electrons. The zero-order valence-electron chi connectivity index (χ0n) is 11.6. The smallest absolute Gasteiger partial charge is 0.121 e. The van der Waals surface area contributed by atoms with Gasteiger partial charge in [-0.1, -0.05) is 12.1 Å². The third-order valence-corrected chi connectivity index (χ3v) is 3.05. The van der Waals surface area contributed by atoms with Gasteiger partial charge in [-0.2, -0.15) is 0 Å². The molecule has 2 aromatic carbocycles. The molecule has 0 radical (unpaired) electrons. The number of hydrogen-bond acceptors (Lipinski definition) is 3. The van der Waals surface area contributed by atoms with Crippen LogP contribution in [0.15, 0.2) is 42.5 Å². The quantitative estimate of drug-likeness (QED) is 0.887. The SMILES string of the molecule is COc1ccc(NCc2ccc(OC)c(C)c2)cc1. The van der Waals surface area contributed by atoms with Crippen LogP contribution in [-0.2, 0) is 6.54 Å². The molecule has 0 atom stereocenters. The minimum absolute atomic E-state index is 0.789. The van der Waals surface area contributed by atoms with Gasteiger partial charge in [0.25, 0.3) is 0 Å². The van der Waals surface area contributed by atoms with E-state index in [0.717, 1.165) is 29.3 Å². The van der Waals surface area contributed by atoms with Gasteiger partial charge in [-0.05, 0) is 48.4 Å². The molecule has 0 aromatic heterocycles. The predicted molar refractivity (Wildman–Crippen MR) is 78.1 cm³/mol. The van der Waals surface area contributed by atoms with Crippen LogP contribution in [-0.4, -0.2) is 14.2 Å². The van der Waals surface area contributed by atoms with Gasteiger partial charge in [0.2, 0.25) is 0 Å². The first-order valence-corrected chi connectivity index (χ1v) is 6.24. The van der Waals surface area contributed by atoms with E-state index in [2.05, 4.69) is 24.4 Å². The van der Waals surface area contributed by atoms with Crippen molar-refractivity contribution in [3.63, 3.8) is 0 Å². The Balaban J connectivity index is 1.99. The maximum Gasteiger partial charge on any atom is 0.121 e. The zero-order chi connectivity index (χ0) is 13.7. The first kappa shape index (κ1) is 13.3. The Hall–Kier alpha value is -2.16. The van der Waals surface area contributed by atoms with E-state index >= 15 is 0 Å². The standard InChI is InChI=1S/C16H19NO2/c1-12-10-13(4-9-16(12)19-3)11-17-14-5-7-15(18-2)8-6-14/h4-10,17H,11H2,1-3H3. The molecule has 2 aromatic rings. The third-order valence-electron chi connectivity index (χ3n) is 3.05. The van der Waals surface area contributed by atoms with Gasteiger partial charge in [0, 0.05) is 12.2 Å². The third kappa shape index (κ3) is 3.41. The molecule has 0 heterocycles. The van der Waals surface area contributed by atoms with E-state index in [1.807, 2.05) is 30.3 Å². The van der Waals surface area contributed by atoms with Crippen LogP contribution >= 0.6 is 0 Å². The average molecular weight is 257 g/mol. The number of anilines is 1. The zero-order valence-corrected chi connectivity index (χ0v) is 11.6. The number of benzene rings is 2. The number of aryl methyl sites for hydroxylation is 1. The summed E-state index contributed by atoms with van der Waals surface area (Å²) >= 11 is 0. The maximum absolute atomic E-state index is 5.25. The average Bonchev–Trinajstić information content (AvgIpc) is 2.46. The van der Waals surface area contributed by atoms with Crippen molar-refractivity contribution in [1.29, 1.82) is 0 Å². The van der Waals surface area contributed by atoms with E-state index in [4.69, 9.17) is 9.47 Å². The highest BCUT2D eigenvalue weighted by Crippen LogP contribution is 2.20. The van der Waals surface area contributed by atoms with Crippen LogP contribution in [0.5, 0.6) is 11.5 Å². The predicted octanol–water partition coefficient (Wildman–Crippen LogP) is 3.62. The number of rotatable bonds is 5. The molecule has 0 aliphatic rings. The molecule has 1 N–H and O–H groups in total. The van der Waals surface area contributed by atoms with Crippen LogP contribution in [0.25, 0.3) is 0 Å². The second kappa shape index (κ2) is 6.14. The molecule has 0 spiro atoms. The van der Waals surface area contributed by atoms with Crippen LogP contribution in [0.3, 0.4) is 0 Å². The van der Waals surface area contributed by atoms with Crippen molar-refractivity contribution in [2.75, 3.05) is 19.5 Å². The molecule has 0 saturated carbocycles. The van der Waals surface area contributed by atoms with Gasteiger partial charge in [0.05, 0.1) is 14.2 Å². The van der Waals surface area contributed by atoms with E-state index < -0.39 is 0 Å². The van der Waals surface area contributed by atoms with E-state index in [9.17, 15) is 0 Å². The monoisotopic (exact) mass is 257 g/mol. The van der Waals surface area contributed by atoms with Crippen LogP contribution < -0.4 is 14.8 Å². The van der Waals surface area contributed by atoms with Gasteiger partial charge in [0.15, 0.2) is 0 Å². The molecular formula is C16H19NO2. The Labute approximate surface area is 114 Å². The second-order valence-electron chi connectivity index (χ2n) is 4.39. The summed E-state index contributed by atoms with van der Waals surface area (Å²) in [5.74, 6) is 1.79. The molecule has 0 fully saturated rings. The molecule has 2 rings (SSSR count). The normalized spacial score (nSPS) is 10.1. The molecule has 0 aliphatic carbocycles. The summed E-state index contributed by atoms with van der Waals surface area (Å²) in [6.45, 7) is 2.84. The lowest BCUT2D eigenvalue weighted by Crippen LogP contribution is -2.00. The van der Waals surface area contributed by atoms with Gasteiger partial charge < -0.3 is 14.8 Å². The van der Waals surface area contributed by atoms with E-state index in [0.29, 0.717) is 0 Å². The van der Waals surface area contributed by atoms with Gasteiger partial charge in [-0.3, -0.25) is 0 Å². The summed E-state index contributed by atoms with van der Waals surface area (Å²) in [6, 6.07) is 14.1. The van der Waals surface area contributed by atoms with E-state index in [1.54, 1.807) is 14.2 Å². The Morgan fingerprint density at radius 1 is 0.947 bits per heavy atom. The summed E-state index contributed by atoms with van der Waals surface area (Å²) in [5.41, 5.74) is 3.46. The van der Waals surface area contributed by atoms with Gasteiger partial charge in [0.1, 0.15) is 11.5 Å². The van der Waals surface area contributed by atoms with Crippen molar-refractivity contribution in [2.24, 2.45) is 0 Å². The van der Waals surface area contributed by atoms with Crippen molar-refractivity contribution < 1.29 is 9.47 Å². The van der Waals surface area contributed by atoms with Gasteiger partial charge in [-0.15, -0.1) is 0 Å². The lowest BCUT2D eigenvalue weighted by Gasteiger charge is -2.10. The number of hydrogen-bond donors (Lipinski definition) is 1. The Bertz CT molecular complexity index is 535. The molecule has 3 nitrogen and oxygen atoms in total. The van der Waals surface area contributed by atoms with Crippen LogP contribution in [0.2, 0.25) is 0 Å². The minimum atomic E-state index is 0.789. The molecule has 19 heavy (non-hydrogen) atoms. The number of methoxy groups -OCH3 is 2. The highest BCUT2D eigenvalue weighted by atomic mass is 16.5. The van der Waals surface area contributed by atoms with Gasteiger partial charge >= 0.3 is 0 Å². The lowest BCUT2D eigenvalue weighted by molar-refractivity contribution is 0.411. The number of ether oxygens (including phenoxy) is 2. The fraction of sp³-hybridized carbons (Fsp3) is 0.250. The Morgan fingerprint density at radius 2 is 1.68 bits per heavy atom. The van der Waals surface area contributed by atoms with Crippen molar-refractivity contribution in [3.8, 4) is 11.5 Å². The topological polar surface area (TPSA) is 30.5 Å². The molecule has 0 amide bonds. The van der Waals surface area contributed by atoms with E-state index in [-0.39, 0.29) is 0 Å². The van der Waals surface area contributed by atoms with Crippen LogP contribution in [0.4, 0.5) is 5.69 Å². The molecular weight excluding hydrogens is 238 g/mol. The van der Waals surface area contributed by atoms with Crippen molar-refractivity contribution in [2.45, 2.75) is 13.5 Å². The molecule has 0 bridgehead atoms. The first-order chi connectivity index (χ1) is 9.22. The molecule has 0 aliphatic heterocycles. The van der Waals surface area contributed by atoms with Crippen molar-refractivity contribution >= 4 is 5.69 Å². The summed E-state index contributed by atoms with van der Waals surface area (Å²) < 4.78 is 10.4. The minimum Gasteiger partial charge on any atom is -0.497 e. The number of nitrogens with one attached hydrogen (secondary N) is 1. The van der Waals surface area contributed by atoms with Crippen molar-refractivity contribution in [3.05, 3.63) is 53.6 Å². The summed E-state index contributed by atoms with van der Waals surface area (Å²) in [4.78, 5) is 0. The highest BCUT2D eigenvalue weighted by Gasteiger charge is 2.00. The van der Waals surface area contributed by atoms with Crippen molar-refractivity contribution in [1.82, 2.24) is 0 Å². The van der Waals surface area contributed by atoms with Crippen LogP contribution in [0, 0.1) is 6.92 Å². The van der Waals surface area contributed by atoms with Gasteiger partial charge in [-0.25, -0.2) is 0 Å². The summed E-state index contributed by atoms with van der Waals surface area (Å²) in [6.07, 6.45) is 0. The fourth-order valence-corrected chi connectivity index (χ4v) is 1.96. The molecule has 3 heteroatoms. The summed E-state index contributed by atoms with van der Waals surface area (Å²) in [7, 11) is 3.36. The molecule has 0 unspecified atom stereocenters. The largest absolute Gasteiger partial charge is 0.497 e. The van der Waals surface area contributed by atoms with E-state index in [1.165, 1.54) is 5.56 Å². The Morgan fingerprint density at radius 3 is 2.26 bits per heavy atom. The fourth-order valence-electron chi connectivity index (χ4n) is 1.96. The molecule has 0 saturated heterocycles. The summed E-state index contributed by atoms with van der Waals surface area (Å²) in [5, 5.41) is 3.38. The maximum atomic E-state index is 5.25. The first-order valence-electron chi connectivity index (χ1n) is 6.24. The Kier molecular flexibility index (Phi) is 4.29.